The topological polar surface area (TPSA) is 77.4 Å². The van der Waals surface area contributed by atoms with Gasteiger partial charge >= 0.3 is 0 Å². The van der Waals surface area contributed by atoms with Crippen molar-refractivity contribution in [1.82, 2.24) is 19.9 Å². The van der Waals surface area contributed by atoms with Crippen LogP contribution in [0.25, 0.3) is 10.8 Å². The van der Waals surface area contributed by atoms with Crippen LogP contribution in [-0.4, -0.2) is 76.3 Å². The second kappa shape index (κ2) is 8.68. The van der Waals surface area contributed by atoms with Gasteiger partial charge in [0.2, 0.25) is 5.92 Å². The fourth-order valence-electron chi connectivity index (χ4n) is 3.97. The maximum atomic E-state index is 13.5. The summed E-state index contributed by atoms with van der Waals surface area (Å²) in [4.78, 5) is 18.2. The van der Waals surface area contributed by atoms with Gasteiger partial charge in [0.25, 0.3) is 0 Å². The van der Waals surface area contributed by atoms with Crippen molar-refractivity contribution < 1.29 is 13.9 Å². The highest BCUT2D eigenvalue weighted by molar-refractivity contribution is 7.13. The Bertz CT molecular complexity index is 869. The van der Waals surface area contributed by atoms with Crippen LogP contribution in [0, 0.1) is 6.92 Å². The molecule has 0 amide bonds. The molecule has 0 spiro atoms. The van der Waals surface area contributed by atoms with E-state index in [1.54, 1.807) is 0 Å². The highest BCUT2D eigenvalue weighted by atomic mass is 32.1. The SMILES string of the molecule is Cc1csc(-c2nc(NC3CCC(F)(F)CC3)cc(N3CCN(C)C(CO)C3)n2)n1. The molecule has 2 fully saturated rings. The van der Waals surface area contributed by atoms with Crippen LogP contribution in [0.15, 0.2) is 11.4 Å². The van der Waals surface area contributed by atoms with Crippen molar-refractivity contribution in [3.05, 3.63) is 17.1 Å². The number of anilines is 2. The predicted octanol–water partition coefficient (Wildman–Crippen LogP) is 3.01. The van der Waals surface area contributed by atoms with Gasteiger partial charge in [-0.1, -0.05) is 0 Å². The zero-order valence-electron chi connectivity index (χ0n) is 17.3. The minimum Gasteiger partial charge on any atom is -0.395 e. The van der Waals surface area contributed by atoms with Crippen molar-refractivity contribution in [2.75, 3.05) is 43.5 Å². The Labute approximate surface area is 179 Å². The molecule has 164 valence electrons. The second-order valence-electron chi connectivity index (χ2n) is 8.27. The lowest BCUT2D eigenvalue weighted by molar-refractivity contribution is -0.0361. The molecule has 2 aromatic heterocycles. The zero-order chi connectivity index (χ0) is 21.3. The van der Waals surface area contributed by atoms with Crippen LogP contribution in [0.4, 0.5) is 20.4 Å². The van der Waals surface area contributed by atoms with E-state index in [9.17, 15) is 13.9 Å². The summed E-state index contributed by atoms with van der Waals surface area (Å²) in [5, 5.41) is 15.7. The lowest BCUT2D eigenvalue weighted by Gasteiger charge is -2.39. The Morgan fingerprint density at radius 3 is 2.67 bits per heavy atom. The number of thiazole rings is 1. The van der Waals surface area contributed by atoms with Gasteiger partial charge in [0.05, 0.1) is 12.6 Å². The fraction of sp³-hybridized carbons (Fsp3) is 0.650. The number of alkyl halides is 2. The molecule has 1 aliphatic carbocycles. The summed E-state index contributed by atoms with van der Waals surface area (Å²) in [6.45, 7) is 4.28. The normalized spacial score (nSPS) is 23.0. The minimum atomic E-state index is -2.56. The third-order valence-corrected chi connectivity index (χ3v) is 6.86. The molecule has 0 radical (unpaired) electrons. The van der Waals surface area contributed by atoms with Crippen molar-refractivity contribution in [3.63, 3.8) is 0 Å². The van der Waals surface area contributed by atoms with Crippen LogP contribution in [0.1, 0.15) is 31.4 Å². The number of aliphatic hydroxyl groups excluding tert-OH is 1. The van der Waals surface area contributed by atoms with Gasteiger partial charge in [0.1, 0.15) is 11.6 Å². The quantitative estimate of drug-likeness (QED) is 0.743. The van der Waals surface area contributed by atoms with Crippen LogP contribution in [0.5, 0.6) is 0 Å². The van der Waals surface area contributed by atoms with E-state index in [0.717, 1.165) is 29.6 Å². The molecule has 7 nitrogen and oxygen atoms in total. The van der Waals surface area contributed by atoms with E-state index in [0.29, 0.717) is 31.0 Å². The smallest absolute Gasteiger partial charge is 0.248 e. The summed E-state index contributed by atoms with van der Waals surface area (Å²) in [6, 6.07) is 1.89. The number of piperazine rings is 1. The zero-order valence-corrected chi connectivity index (χ0v) is 18.1. The van der Waals surface area contributed by atoms with E-state index in [2.05, 4.69) is 25.1 Å². The number of hydrogen-bond donors (Lipinski definition) is 2. The summed E-state index contributed by atoms with van der Waals surface area (Å²) in [5.74, 6) is -0.619. The second-order valence-corrected chi connectivity index (χ2v) is 9.12. The molecule has 1 saturated heterocycles. The van der Waals surface area contributed by atoms with E-state index in [1.165, 1.54) is 11.3 Å². The van der Waals surface area contributed by atoms with E-state index >= 15 is 0 Å². The summed E-state index contributed by atoms with van der Waals surface area (Å²) >= 11 is 1.49. The number of rotatable bonds is 5. The summed E-state index contributed by atoms with van der Waals surface area (Å²) in [7, 11) is 2.01. The number of aliphatic hydroxyl groups is 1. The van der Waals surface area contributed by atoms with Gasteiger partial charge in [0.15, 0.2) is 10.8 Å². The van der Waals surface area contributed by atoms with Crippen molar-refractivity contribution in [2.24, 2.45) is 0 Å². The number of hydrogen-bond acceptors (Lipinski definition) is 8. The number of nitrogens with one attached hydrogen (secondary N) is 1. The average Bonchev–Trinajstić information content (AvgIpc) is 3.16. The van der Waals surface area contributed by atoms with Crippen molar-refractivity contribution >= 4 is 23.0 Å². The van der Waals surface area contributed by atoms with Gasteiger partial charge in [-0.15, -0.1) is 11.3 Å². The molecule has 2 aromatic rings. The third-order valence-electron chi connectivity index (χ3n) is 5.90. The van der Waals surface area contributed by atoms with Gasteiger partial charge in [0, 0.05) is 55.7 Å². The van der Waals surface area contributed by atoms with E-state index in [-0.39, 0.29) is 31.5 Å². The summed E-state index contributed by atoms with van der Waals surface area (Å²) in [6.07, 6.45) is 0.633. The van der Waals surface area contributed by atoms with Crippen LogP contribution < -0.4 is 10.2 Å². The number of aromatic nitrogens is 3. The Balaban J connectivity index is 1.60. The van der Waals surface area contributed by atoms with E-state index in [4.69, 9.17) is 4.98 Å². The number of likely N-dealkylation sites (N-methyl/N-ethyl adjacent to an activating group) is 1. The van der Waals surface area contributed by atoms with Crippen molar-refractivity contribution in [3.8, 4) is 10.8 Å². The lowest BCUT2D eigenvalue weighted by atomic mass is 9.92. The predicted molar refractivity (Wildman–Crippen MR) is 114 cm³/mol. The molecule has 1 atom stereocenters. The van der Waals surface area contributed by atoms with E-state index < -0.39 is 5.92 Å². The maximum absolute atomic E-state index is 13.5. The molecule has 1 saturated carbocycles. The monoisotopic (exact) mass is 438 g/mol. The van der Waals surface area contributed by atoms with Crippen molar-refractivity contribution in [2.45, 2.75) is 50.6 Å². The highest BCUT2D eigenvalue weighted by Gasteiger charge is 2.35. The van der Waals surface area contributed by atoms with Gasteiger partial charge in [-0.3, -0.25) is 4.90 Å². The molecular formula is C20H28F2N6OS. The lowest BCUT2D eigenvalue weighted by Crippen LogP contribution is -2.53. The van der Waals surface area contributed by atoms with Crippen LogP contribution in [-0.2, 0) is 0 Å². The number of halogens is 2. The molecule has 30 heavy (non-hydrogen) atoms. The molecule has 3 heterocycles. The number of aryl methyl sites for hydroxylation is 1. The van der Waals surface area contributed by atoms with Crippen LogP contribution in [0.2, 0.25) is 0 Å². The Morgan fingerprint density at radius 2 is 2.00 bits per heavy atom. The van der Waals surface area contributed by atoms with Crippen molar-refractivity contribution in [1.29, 1.82) is 0 Å². The van der Waals surface area contributed by atoms with E-state index in [1.807, 2.05) is 25.4 Å². The molecular weight excluding hydrogens is 410 g/mol. The van der Waals surface area contributed by atoms with Gasteiger partial charge in [-0.2, -0.15) is 0 Å². The first kappa shape index (κ1) is 21.3. The molecule has 0 aromatic carbocycles. The van der Waals surface area contributed by atoms with Crippen LogP contribution in [0.3, 0.4) is 0 Å². The van der Waals surface area contributed by atoms with Crippen LogP contribution >= 0.6 is 11.3 Å². The number of nitrogens with zero attached hydrogens (tertiary/aromatic N) is 5. The molecule has 1 aliphatic heterocycles. The molecule has 2 N–H and O–H groups in total. The molecule has 1 unspecified atom stereocenters. The summed E-state index contributed by atoms with van der Waals surface area (Å²) in [5.41, 5.74) is 0.910. The maximum Gasteiger partial charge on any atom is 0.248 e. The molecule has 2 aliphatic rings. The molecule has 10 heteroatoms. The Hall–Kier alpha value is -1.91. The molecule has 4 rings (SSSR count). The Kier molecular flexibility index (Phi) is 6.17. The first-order chi connectivity index (χ1) is 14.3. The average molecular weight is 439 g/mol. The van der Waals surface area contributed by atoms with Gasteiger partial charge < -0.3 is 15.3 Å². The third kappa shape index (κ3) is 4.87. The standard InChI is InChI=1S/C20H28F2N6OS/c1-13-12-30-19(23-13)18-25-16(24-14-3-5-20(21,22)6-4-14)9-17(26-18)28-8-7-27(2)15(10-28)11-29/h9,12,14-15,29H,3-8,10-11H2,1-2H3,(H,24,25,26). The van der Waals surface area contributed by atoms with Gasteiger partial charge in [-0.25, -0.2) is 23.7 Å². The largest absolute Gasteiger partial charge is 0.395 e. The fourth-order valence-corrected chi connectivity index (χ4v) is 4.70. The summed E-state index contributed by atoms with van der Waals surface area (Å²) < 4.78 is 27.0. The highest BCUT2D eigenvalue weighted by Crippen LogP contribution is 2.35. The van der Waals surface area contributed by atoms with Gasteiger partial charge in [-0.05, 0) is 26.8 Å². The molecule has 0 bridgehead atoms. The Morgan fingerprint density at radius 1 is 1.23 bits per heavy atom. The first-order valence-corrected chi connectivity index (χ1v) is 11.2. The first-order valence-electron chi connectivity index (χ1n) is 10.3. The minimum absolute atomic E-state index is 0.0315.